The van der Waals surface area contributed by atoms with E-state index in [1.807, 2.05) is 0 Å². The van der Waals surface area contributed by atoms with Gasteiger partial charge in [0.1, 0.15) is 0 Å². The Morgan fingerprint density at radius 1 is 1.31 bits per heavy atom. The van der Waals surface area contributed by atoms with Gasteiger partial charge in [-0.25, -0.2) is 8.42 Å². The van der Waals surface area contributed by atoms with Crippen molar-refractivity contribution in [2.24, 2.45) is 5.92 Å². The van der Waals surface area contributed by atoms with Gasteiger partial charge in [-0.1, -0.05) is 18.5 Å². The Morgan fingerprint density at radius 2 is 1.94 bits per heavy atom. The summed E-state index contributed by atoms with van der Waals surface area (Å²) < 4.78 is 25.9. The molecule has 1 aromatic carbocycles. The van der Waals surface area contributed by atoms with E-state index in [2.05, 4.69) is 6.92 Å². The minimum atomic E-state index is -3.31. The molecular formula is C11H14ClNO2S. The summed E-state index contributed by atoms with van der Waals surface area (Å²) in [5.74, 6) is 0.446. The van der Waals surface area contributed by atoms with Crippen LogP contribution in [0.3, 0.4) is 0 Å². The minimum Gasteiger partial charge on any atom is -0.207 e. The van der Waals surface area contributed by atoms with Gasteiger partial charge in [0.25, 0.3) is 0 Å². The van der Waals surface area contributed by atoms with E-state index in [1.54, 1.807) is 28.6 Å². The Hall–Kier alpha value is -0.580. The SMILES string of the molecule is CC1CCN(S(=O)(=O)c2ccc(Cl)cc2)C1. The topological polar surface area (TPSA) is 37.4 Å². The van der Waals surface area contributed by atoms with Crippen LogP contribution < -0.4 is 0 Å². The molecule has 0 spiro atoms. The van der Waals surface area contributed by atoms with Gasteiger partial charge < -0.3 is 0 Å². The normalized spacial score (nSPS) is 22.5. The van der Waals surface area contributed by atoms with Gasteiger partial charge in [0.15, 0.2) is 0 Å². The number of hydrogen-bond acceptors (Lipinski definition) is 2. The zero-order valence-corrected chi connectivity index (χ0v) is 10.6. The summed E-state index contributed by atoms with van der Waals surface area (Å²) in [6, 6.07) is 6.32. The van der Waals surface area contributed by atoms with Crippen molar-refractivity contribution >= 4 is 21.6 Å². The van der Waals surface area contributed by atoms with Crippen molar-refractivity contribution in [2.75, 3.05) is 13.1 Å². The second kappa shape index (κ2) is 4.35. The molecule has 0 radical (unpaired) electrons. The maximum atomic E-state index is 12.2. The van der Waals surface area contributed by atoms with E-state index < -0.39 is 10.0 Å². The number of sulfonamides is 1. The third-order valence-corrected chi connectivity index (χ3v) is 4.97. The standard InChI is InChI=1S/C11H14ClNO2S/c1-9-6-7-13(8-9)16(14,15)11-4-2-10(12)3-5-11/h2-5,9H,6-8H2,1H3. The van der Waals surface area contributed by atoms with Crippen LogP contribution in [-0.2, 0) is 10.0 Å². The fraction of sp³-hybridized carbons (Fsp3) is 0.455. The molecule has 1 aromatic rings. The van der Waals surface area contributed by atoms with Gasteiger partial charge in [-0.3, -0.25) is 0 Å². The molecule has 3 nitrogen and oxygen atoms in total. The molecule has 88 valence electrons. The Balaban J connectivity index is 2.29. The lowest BCUT2D eigenvalue weighted by Gasteiger charge is -2.15. The first-order chi connectivity index (χ1) is 7.50. The summed E-state index contributed by atoms with van der Waals surface area (Å²) in [4.78, 5) is 0.325. The van der Waals surface area contributed by atoms with Crippen molar-refractivity contribution in [3.05, 3.63) is 29.3 Å². The average Bonchev–Trinajstić information content (AvgIpc) is 2.66. The molecule has 0 aromatic heterocycles. The van der Waals surface area contributed by atoms with Crippen LogP contribution in [0.1, 0.15) is 13.3 Å². The number of nitrogens with zero attached hydrogens (tertiary/aromatic N) is 1. The summed E-state index contributed by atoms with van der Waals surface area (Å²) in [6.07, 6.45) is 0.937. The van der Waals surface area contributed by atoms with Crippen LogP contribution in [0.15, 0.2) is 29.2 Å². The highest BCUT2D eigenvalue weighted by Gasteiger charge is 2.30. The van der Waals surface area contributed by atoms with Gasteiger partial charge in [0.05, 0.1) is 4.90 Å². The van der Waals surface area contributed by atoms with Gasteiger partial charge in [-0.15, -0.1) is 0 Å². The number of benzene rings is 1. The molecule has 1 unspecified atom stereocenters. The average molecular weight is 260 g/mol. The first-order valence-electron chi connectivity index (χ1n) is 5.26. The molecule has 16 heavy (non-hydrogen) atoms. The van der Waals surface area contributed by atoms with E-state index in [-0.39, 0.29) is 0 Å². The van der Waals surface area contributed by atoms with E-state index in [0.29, 0.717) is 28.9 Å². The van der Waals surface area contributed by atoms with E-state index in [4.69, 9.17) is 11.6 Å². The van der Waals surface area contributed by atoms with Crippen molar-refractivity contribution in [1.82, 2.24) is 4.31 Å². The summed E-state index contributed by atoms with van der Waals surface area (Å²) >= 11 is 5.74. The van der Waals surface area contributed by atoms with Crippen molar-refractivity contribution in [3.63, 3.8) is 0 Å². The van der Waals surface area contributed by atoms with Crippen molar-refractivity contribution in [3.8, 4) is 0 Å². The van der Waals surface area contributed by atoms with Gasteiger partial charge in [-0.05, 0) is 36.6 Å². The van der Waals surface area contributed by atoms with Crippen LogP contribution in [0.4, 0.5) is 0 Å². The number of rotatable bonds is 2. The predicted molar refractivity (Wildman–Crippen MR) is 64.0 cm³/mol. The molecule has 5 heteroatoms. The molecule has 1 saturated heterocycles. The Morgan fingerprint density at radius 3 is 2.44 bits per heavy atom. The van der Waals surface area contributed by atoms with Crippen LogP contribution in [0.2, 0.25) is 5.02 Å². The lowest BCUT2D eigenvalue weighted by atomic mass is 10.2. The summed E-state index contributed by atoms with van der Waals surface area (Å²) in [6.45, 7) is 3.30. The van der Waals surface area contributed by atoms with E-state index in [1.165, 1.54) is 0 Å². The van der Waals surface area contributed by atoms with Crippen LogP contribution in [0.5, 0.6) is 0 Å². The molecule has 1 aliphatic rings. The molecule has 0 N–H and O–H groups in total. The molecule has 0 aliphatic carbocycles. The van der Waals surface area contributed by atoms with Gasteiger partial charge >= 0.3 is 0 Å². The molecule has 0 bridgehead atoms. The highest BCUT2D eigenvalue weighted by Crippen LogP contribution is 2.24. The zero-order valence-electron chi connectivity index (χ0n) is 9.06. The fourth-order valence-corrected chi connectivity index (χ4v) is 3.57. The van der Waals surface area contributed by atoms with Gasteiger partial charge in [0, 0.05) is 18.1 Å². The summed E-state index contributed by atoms with van der Waals surface area (Å²) in [5, 5.41) is 0.550. The lowest BCUT2D eigenvalue weighted by Crippen LogP contribution is -2.28. The van der Waals surface area contributed by atoms with Crippen molar-refractivity contribution in [1.29, 1.82) is 0 Å². The predicted octanol–water partition coefficient (Wildman–Crippen LogP) is 2.37. The maximum absolute atomic E-state index is 12.2. The molecule has 0 amide bonds. The maximum Gasteiger partial charge on any atom is 0.243 e. The Kier molecular flexibility index (Phi) is 3.24. The molecule has 2 rings (SSSR count). The number of halogens is 1. The van der Waals surface area contributed by atoms with Crippen LogP contribution in [0, 0.1) is 5.92 Å². The van der Waals surface area contributed by atoms with Crippen LogP contribution in [-0.4, -0.2) is 25.8 Å². The smallest absolute Gasteiger partial charge is 0.207 e. The number of hydrogen-bond donors (Lipinski definition) is 0. The highest BCUT2D eigenvalue weighted by molar-refractivity contribution is 7.89. The highest BCUT2D eigenvalue weighted by atomic mass is 35.5. The molecule has 1 heterocycles. The summed E-state index contributed by atoms with van der Waals surface area (Å²) in [5.41, 5.74) is 0. The van der Waals surface area contributed by atoms with Crippen molar-refractivity contribution in [2.45, 2.75) is 18.2 Å². The second-order valence-electron chi connectivity index (χ2n) is 4.21. The lowest BCUT2D eigenvalue weighted by molar-refractivity contribution is 0.464. The molecule has 1 aliphatic heterocycles. The Labute approximate surface area is 101 Å². The van der Waals surface area contributed by atoms with Crippen LogP contribution >= 0.6 is 11.6 Å². The first-order valence-corrected chi connectivity index (χ1v) is 7.07. The van der Waals surface area contributed by atoms with E-state index in [9.17, 15) is 8.42 Å². The van der Waals surface area contributed by atoms with E-state index in [0.717, 1.165) is 6.42 Å². The molecular weight excluding hydrogens is 246 g/mol. The third-order valence-electron chi connectivity index (χ3n) is 2.84. The molecule has 1 fully saturated rings. The van der Waals surface area contributed by atoms with Gasteiger partial charge in [-0.2, -0.15) is 4.31 Å². The molecule has 1 atom stereocenters. The zero-order chi connectivity index (χ0) is 11.8. The van der Waals surface area contributed by atoms with Crippen molar-refractivity contribution < 1.29 is 8.42 Å². The summed E-state index contributed by atoms with van der Waals surface area (Å²) in [7, 11) is -3.31. The minimum absolute atomic E-state index is 0.325. The first kappa shape index (κ1) is 11.9. The van der Waals surface area contributed by atoms with E-state index >= 15 is 0 Å². The van der Waals surface area contributed by atoms with Gasteiger partial charge in [0.2, 0.25) is 10.0 Å². The monoisotopic (exact) mass is 259 g/mol. The quantitative estimate of drug-likeness (QED) is 0.818. The Bertz CT molecular complexity index is 469. The largest absolute Gasteiger partial charge is 0.243 e. The molecule has 0 saturated carbocycles. The second-order valence-corrected chi connectivity index (χ2v) is 6.59. The third kappa shape index (κ3) is 2.24. The van der Waals surface area contributed by atoms with Crippen LogP contribution in [0.25, 0.3) is 0 Å². The fourth-order valence-electron chi connectivity index (χ4n) is 1.87.